The molecule has 3 heterocycles. The van der Waals surface area contributed by atoms with Gasteiger partial charge in [-0.05, 0) is 6.92 Å². The first-order chi connectivity index (χ1) is 12.8. The van der Waals surface area contributed by atoms with Gasteiger partial charge in [0.05, 0.1) is 25.3 Å². The number of carboxylic acid groups (broad SMARTS) is 1. The van der Waals surface area contributed by atoms with Crippen LogP contribution in [0.1, 0.15) is 18.4 Å². The second-order valence-corrected chi connectivity index (χ2v) is 7.02. The van der Waals surface area contributed by atoms with E-state index >= 15 is 0 Å². The summed E-state index contributed by atoms with van der Waals surface area (Å²) in [4.78, 5) is 33.2. The molecule has 2 aliphatic heterocycles. The van der Waals surface area contributed by atoms with E-state index in [0.29, 0.717) is 16.5 Å². The minimum absolute atomic E-state index is 0.00193. The topological polar surface area (TPSA) is 104 Å². The maximum absolute atomic E-state index is 13.8. The van der Waals surface area contributed by atoms with E-state index in [-0.39, 0.29) is 25.3 Å². The summed E-state index contributed by atoms with van der Waals surface area (Å²) in [7, 11) is 0. The molecule has 1 unspecified atom stereocenters. The number of aliphatic imine (C=N–C) groups is 1. The molecule has 1 aromatic rings. The van der Waals surface area contributed by atoms with E-state index in [1.165, 1.54) is 11.3 Å². The van der Waals surface area contributed by atoms with E-state index in [9.17, 15) is 23.5 Å². The monoisotopic (exact) mass is 400 g/mol. The Hall–Kier alpha value is -2.40. The van der Waals surface area contributed by atoms with Gasteiger partial charge in [-0.1, -0.05) is 0 Å². The summed E-state index contributed by atoms with van der Waals surface area (Å²) in [6.07, 6.45) is 0.827. The summed E-state index contributed by atoms with van der Waals surface area (Å²) < 4.78 is 32.6. The molecule has 2 N–H and O–H groups in total. The van der Waals surface area contributed by atoms with Gasteiger partial charge in [-0.25, -0.2) is 18.6 Å². The van der Waals surface area contributed by atoms with Crippen LogP contribution < -0.4 is 5.32 Å². The number of aromatic nitrogens is 1. The van der Waals surface area contributed by atoms with Gasteiger partial charge in [0.2, 0.25) is 0 Å². The standard InChI is InChI=1S/C16H18F2N4O4S/c1-2-26-15(25)9-6-20-12(13-19-3-4-27-13)21-10(9)7-22-8-16(17,18)5-11(22)14(23)24/h3-4,11H,2,5-8H2,1H3,(H,20,21)(H,23,24). The summed E-state index contributed by atoms with van der Waals surface area (Å²) in [6, 6.07) is -1.33. The van der Waals surface area contributed by atoms with Crippen LogP contribution >= 0.6 is 11.3 Å². The van der Waals surface area contributed by atoms with Crippen LogP contribution in [-0.2, 0) is 14.3 Å². The second-order valence-electron chi connectivity index (χ2n) is 6.12. The average molecular weight is 400 g/mol. The SMILES string of the molecule is CCOC(=O)C1=C(CN2CC(F)(F)CC2C(=O)O)NC(c2nccs2)=NC1. The molecule has 0 bridgehead atoms. The number of halogens is 2. The van der Waals surface area contributed by atoms with E-state index in [1.54, 1.807) is 18.5 Å². The van der Waals surface area contributed by atoms with Gasteiger partial charge >= 0.3 is 11.9 Å². The molecule has 0 aromatic carbocycles. The molecule has 27 heavy (non-hydrogen) atoms. The summed E-state index contributed by atoms with van der Waals surface area (Å²) in [5.74, 6) is -4.63. The summed E-state index contributed by atoms with van der Waals surface area (Å²) in [5.41, 5.74) is 0.495. The zero-order chi connectivity index (χ0) is 19.6. The van der Waals surface area contributed by atoms with Crippen molar-refractivity contribution in [3.63, 3.8) is 0 Å². The van der Waals surface area contributed by atoms with Crippen molar-refractivity contribution >= 4 is 29.1 Å². The third-order valence-electron chi connectivity index (χ3n) is 4.20. The highest BCUT2D eigenvalue weighted by Gasteiger charge is 2.48. The largest absolute Gasteiger partial charge is 0.480 e. The molecule has 1 fully saturated rings. The molecule has 0 amide bonds. The molecule has 1 atom stereocenters. The Morgan fingerprint density at radius 1 is 1.52 bits per heavy atom. The molecule has 1 saturated heterocycles. The Kier molecular flexibility index (Phi) is 5.51. The minimum Gasteiger partial charge on any atom is -0.480 e. The number of hydrogen-bond acceptors (Lipinski definition) is 8. The minimum atomic E-state index is -3.10. The number of carbonyl (C=O) groups excluding carboxylic acids is 1. The van der Waals surface area contributed by atoms with Crippen LogP contribution in [0.15, 0.2) is 27.8 Å². The molecular weight excluding hydrogens is 382 g/mol. The van der Waals surface area contributed by atoms with Crippen LogP contribution in [0.25, 0.3) is 0 Å². The predicted molar refractivity (Wildman–Crippen MR) is 92.9 cm³/mol. The van der Waals surface area contributed by atoms with Gasteiger partial charge in [-0.2, -0.15) is 0 Å². The first kappa shape index (κ1) is 19.4. The number of alkyl halides is 2. The van der Waals surface area contributed by atoms with Gasteiger partial charge in [0, 0.05) is 30.2 Å². The van der Waals surface area contributed by atoms with Crippen molar-refractivity contribution in [2.45, 2.75) is 25.3 Å². The van der Waals surface area contributed by atoms with E-state index < -0.39 is 36.9 Å². The van der Waals surface area contributed by atoms with Gasteiger partial charge in [0.1, 0.15) is 6.04 Å². The van der Waals surface area contributed by atoms with Gasteiger partial charge in [-0.3, -0.25) is 14.7 Å². The maximum Gasteiger partial charge on any atom is 0.337 e. The molecule has 8 nitrogen and oxygen atoms in total. The Morgan fingerprint density at radius 2 is 2.30 bits per heavy atom. The molecule has 1 aromatic heterocycles. The van der Waals surface area contributed by atoms with Crippen LogP contribution in [0.2, 0.25) is 0 Å². The number of likely N-dealkylation sites (tertiary alicyclic amines) is 1. The summed E-state index contributed by atoms with van der Waals surface area (Å²) >= 11 is 1.33. The lowest BCUT2D eigenvalue weighted by Crippen LogP contribution is -2.43. The Bertz CT molecular complexity index is 794. The van der Waals surface area contributed by atoms with Crippen molar-refractivity contribution < 1.29 is 28.2 Å². The smallest absolute Gasteiger partial charge is 0.337 e. The van der Waals surface area contributed by atoms with Crippen LogP contribution in [0.3, 0.4) is 0 Å². The normalized spacial score (nSPS) is 22.3. The number of thiazole rings is 1. The quantitative estimate of drug-likeness (QED) is 0.689. The van der Waals surface area contributed by atoms with Crippen molar-refractivity contribution in [3.05, 3.63) is 27.9 Å². The molecule has 0 radical (unpaired) electrons. The number of hydrogen-bond donors (Lipinski definition) is 2. The van der Waals surface area contributed by atoms with E-state index in [1.807, 2.05) is 0 Å². The van der Waals surface area contributed by atoms with E-state index in [0.717, 1.165) is 4.90 Å². The third-order valence-corrected chi connectivity index (χ3v) is 4.98. The molecule has 0 spiro atoms. The first-order valence-electron chi connectivity index (χ1n) is 8.26. The number of ether oxygens (including phenoxy) is 1. The molecule has 0 aliphatic carbocycles. The zero-order valence-corrected chi connectivity index (χ0v) is 15.3. The number of esters is 1. The first-order valence-corrected chi connectivity index (χ1v) is 9.14. The molecule has 146 valence electrons. The highest BCUT2D eigenvalue weighted by atomic mass is 32.1. The van der Waals surface area contributed by atoms with E-state index in [2.05, 4.69) is 15.3 Å². The number of nitrogens with one attached hydrogen (secondary N) is 1. The summed E-state index contributed by atoms with van der Waals surface area (Å²) in [5, 5.41) is 14.6. The summed E-state index contributed by atoms with van der Waals surface area (Å²) in [6.45, 7) is 0.941. The molecule has 2 aliphatic rings. The van der Waals surface area contributed by atoms with Crippen molar-refractivity contribution in [2.75, 3.05) is 26.2 Å². The molecule has 0 saturated carbocycles. The maximum atomic E-state index is 13.8. The Balaban J connectivity index is 1.87. The highest BCUT2D eigenvalue weighted by molar-refractivity contribution is 7.11. The van der Waals surface area contributed by atoms with Crippen LogP contribution in [0, 0.1) is 0 Å². The number of aliphatic carboxylic acids is 1. The van der Waals surface area contributed by atoms with Gasteiger partial charge in [0.25, 0.3) is 5.92 Å². The van der Waals surface area contributed by atoms with Gasteiger partial charge < -0.3 is 15.2 Å². The lowest BCUT2D eigenvalue weighted by molar-refractivity contribution is -0.142. The van der Waals surface area contributed by atoms with Crippen molar-refractivity contribution in [2.24, 2.45) is 4.99 Å². The number of rotatable bonds is 6. The van der Waals surface area contributed by atoms with Crippen LogP contribution in [-0.4, -0.2) is 71.0 Å². The van der Waals surface area contributed by atoms with Crippen LogP contribution in [0.5, 0.6) is 0 Å². The Morgan fingerprint density at radius 3 is 2.93 bits per heavy atom. The fourth-order valence-electron chi connectivity index (χ4n) is 3.01. The van der Waals surface area contributed by atoms with Gasteiger partial charge in [-0.15, -0.1) is 11.3 Å². The number of nitrogens with zero attached hydrogens (tertiary/aromatic N) is 3. The van der Waals surface area contributed by atoms with Crippen molar-refractivity contribution in [1.29, 1.82) is 0 Å². The van der Waals surface area contributed by atoms with Crippen LogP contribution in [0.4, 0.5) is 8.78 Å². The fraction of sp³-hybridized carbons (Fsp3) is 0.500. The predicted octanol–water partition coefficient (Wildman–Crippen LogP) is 1.10. The lowest BCUT2D eigenvalue weighted by Gasteiger charge is -2.26. The number of amidine groups is 1. The fourth-order valence-corrected chi connectivity index (χ4v) is 3.61. The second kappa shape index (κ2) is 7.69. The zero-order valence-electron chi connectivity index (χ0n) is 14.4. The number of carbonyl (C=O) groups is 2. The number of carboxylic acids is 1. The third kappa shape index (κ3) is 4.30. The molecular formula is C16H18F2N4O4S. The van der Waals surface area contributed by atoms with E-state index in [4.69, 9.17) is 4.74 Å². The highest BCUT2D eigenvalue weighted by Crippen LogP contribution is 2.33. The van der Waals surface area contributed by atoms with Gasteiger partial charge in [0.15, 0.2) is 10.8 Å². The lowest BCUT2D eigenvalue weighted by atomic mass is 10.1. The van der Waals surface area contributed by atoms with Crippen molar-refractivity contribution in [3.8, 4) is 0 Å². The average Bonchev–Trinajstić information content (AvgIpc) is 3.22. The van der Waals surface area contributed by atoms with Crippen molar-refractivity contribution in [1.82, 2.24) is 15.2 Å². The Labute approximate surface area is 157 Å². The molecule has 11 heteroatoms. The molecule has 3 rings (SSSR count).